The Morgan fingerprint density at radius 3 is 2.48 bits per heavy atom. The molecular weight excluding hydrogens is 439 g/mol. The Kier molecular flexibility index (Phi) is 8.58. The topological polar surface area (TPSA) is 96.5 Å². The number of aromatic nitrogens is 2. The van der Waals surface area contributed by atoms with Crippen molar-refractivity contribution in [2.24, 2.45) is 5.92 Å². The first-order chi connectivity index (χ1) is 15.9. The van der Waals surface area contributed by atoms with Crippen LogP contribution in [0.5, 0.6) is 0 Å². The van der Waals surface area contributed by atoms with Gasteiger partial charge in [-0.05, 0) is 30.4 Å². The van der Waals surface area contributed by atoms with Gasteiger partial charge in [-0.3, -0.25) is 25.3 Å². The molecule has 178 valence electrons. The Labute approximate surface area is 189 Å². The molecule has 2 aromatic rings. The molecule has 1 aromatic heterocycles. The monoisotopic (exact) mass is 465 g/mol. The van der Waals surface area contributed by atoms with Crippen molar-refractivity contribution in [2.45, 2.75) is 57.3 Å². The highest BCUT2D eigenvalue weighted by molar-refractivity contribution is 5.84. The average molecular weight is 465 g/mol. The second-order valence-corrected chi connectivity index (χ2v) is 7.80. The lowest BCUT2D eigenvalue weighted by Gasteiger charge is -2.32. The zero-order chi connectivity index (χ0) is 23.7. The molecule has 0 saturated heterocycles. The number of hydrogen-bond acceptors (Lipinski definition) is 6. The molecule has 1 saturated carbocycles. The highest BCUT2D eigenvalue weighted by Crippen LogP contribution is 2.29. The maximum Gasteiger partial charge on any atom is 0.433 e. The van der Waals surface area contributed by atoms with E-state index in [-0.39, 0.29) is 12.5 Å². The Hall–Kier alpha value is -3.21. The minimum Gasteiger partial charge on any atom is -0.276 e. The van der Waals surface area contributed by atoms with E-state index in [2.05, 4.69) is 20.8 Å². The molecule has 1 heterocycles. The van der Waals surface area contributed by atoms with Gasteiger partial charge >= 0.3 is 6.18 Å². The van der Waals surface area contributed by atoms with Gasteiger partial charge in [0.1, 0.15) is 18.3 Å². The van der Waals surface area contributed by atoms with Crippen LogP contribution in [0.2, 0.25) is 0 Å². The number of alkyl halides is 3. The van der Waals surface area contributed by atoms with Crippen molar-refractivity contribution in [3.05, 3.63) is 53.9 Å². The molecule has 1 atom stereocenters. The summed E-state index contributed by atoms with van der Waals surface area (Å²) in [7, 11) is 0. The van der Waals surface area contributed by atoms with Crippen LogP contribution < -0.4 is 10.9 Å². The molecule has 3 rings (SSSR count). The molecule has 33 heavy (non-hydrogen) atoms. The van der Waals surface area contributed by atoms with Gasteiger partial charge in [0.2, 0.25) is 12.4 Å². The smallest absolute Gasteiger partial charge is 0.276 e. The summed E-state index contributed by atoms with van der Waals surface area (Å²) in [5.41, 5.74) is 4.35. The molecule has 1 aliphatic carbocycles. The largest absolute Gasteiger partial charge is 0.433 e. The van der Waals surface area contributed by atoms with Crippen molar-refractivity contribution in [2.75, 3.05) is 5.43 Å². The third-order valence-electron chi connectivity index (χ3n) is 5.46. The lowest BCUT2D eigenvalue weighted by atomic mass is 9.91. The normalized spacial score (nSPS) is 15.8. The van der Waals surface area contributed by atoms with Crippen molar-refractivity contribution in [3.8, 4) is 0 Å². The van der Waals surface area contributed by atoms with Gasteiger partial charge in [0, 0.05) is 6.20 Å². The van der Waals surface area contributed by atoms with Gasteiger partial charge in [-0.15, -0.1) is 0 Å². The van der Waals surface area contributed by atoms with Gasteiger partial charge in [-0.1, -0.05) is 56.0 Å². The number of nitrogens with one attached hydrogen (secondary N) is 2. The number of anilines is 1. The molecule has 0 aliphatic heterocycles. The number of amides is 2. The van der Waals surface area contributed by atoms with Crippen LogP contribution in [-0.2, 0) is 27.2 Å². The van der Waals surface area contributed by atoms with Crippen molar-refractivity contribution in [1.29, 1.82) is 0 Å². The van der Waals surface area contributed by atoms with E-state index in [0.717, 1.165) is 61.4 Å². The van der Waals surface area contributed by atoms with Crippen molar-refractivity contribution >= 4 is 18.3 Å². The maximum atomic E-state index is 13.1. The van der Waals surface area contributed by atoms with E-state index in [0.29, 0.717) is 6.41 Å². The Balaban J connectivity index is 1.73. The summed E-state index contributed by atoms with van der Waals surface area (Å²) in [6.07, 6.45) is 2.07. The minimum absolute atomic E-state index is 0.0836. The number of hydroxylamine groups is 2. The molecular formula is C22H26F3N5O3. The van der Waals surface area contributed by atoms with Crippen molar-refractivity contribution < 1.29 is 27.6 Å². The number of hydrazine groups is 1. The summed E-state index contributed by atoms with van der Waals surface area (Å²) < 4.78 is 38.7. The third-order valence-corrected chi connectivity index (χ3v) is 5.46. The first-order valence-corrected chi connectivity index (χ1v) is 10.7. The van der Waals surface area contributed by atoms with Crippen LogP contribution in [0.1, 0.15) is 49.8 Å². The van der Waals surface area contributed by atoms with Crippen LogP contribution in [-0.4, -0.2) is 33.4 Å². The summed E-state index contributed by atoms with van der Waals surface area (Å²) in [6, 6.07) is 8.93. The van der Waals surface area contributed by atoms with Gasteiger partial charge in [0.15, 0.2) is 0 Å². The van der Waals surface area contributed by atoms with E-state index < -0.39 is 29.8 Å². The number of nitrogens with zero attached hydrogens (tertiary/aromatic N) is 3. The predicted octanol–water partition coefficient (Wildman–Crippen LogP) is 3.87. The van der Waals surface area contributed by atoms with Crippen LogP contribution in [0.25, 0.3) is 0 Å². The molecule has 11 heteroatoms. The van der Waals surface area contributed by atoms with Crippen LogP contribution in [0.4, 0.5) is 19.1 Å². The second-order valence-electron chi connectivity index (χ2n) is 7.80. The molecule has 0 spiro atoms. The quantitative estimate of drug-likeness (QED) is 0.332. The zero-order valence-electron chi connectivity index (χ0n) is 17.9. The number of carbonyl (C=O) groups excluding carboxylic acids is 2. The molecule has 1 aromatic carbocycles. The van der Waals surface area contributed by atoms with E-state index in [4.69, 9.17) is 4.84 Å². The lowest BCUT2D eigenvalue weighted by molar-refractivity contribution is -0.201. The zero-order valence-corrected chi connectivity index (χ0v) is 17.9. The summed E-state index contributed by atoms with van der Waals surface area (Å²) in [4.78, 5) is 37.7. The van der Waals surface area contributed by atoms with Crippen LogP contribution in [0.15, 0.2) is 42.6 Å². The predicted molar refractivity (Wildman–Crippen MR) is 113 cm³/mol. The molecule has 2 N–H and O–H groups in total. The highest BCUT2D eigenvalue weighted by Gasteiger charge is 2.35. The first kappa shape index (κ1) is 24.4. The van der Waals surface area contributed by atoms with E-state index >= 15 is 0 Å². The van der Waals surface area contributed by atoms with E-state index in [9.17, 15) is 22.8 Å². The summed E-state index contributed by atoms with van der Waals surface area (Å²) in [6.45, 7) is 0.0836. The lowest BCUT2D eigenvalue weighted by Crippen LogP contribution is -2.52. The van der Waals surface area contributed by atoms with E-state index in [1.807, 2.05) is 30.3 Å². The van der Waals surface area contributed by atoms with Crippen molar-refractivity contribution in [3.63, 3.8) is 0 Å². The summed E-state index contributed by atoms with van der Waals surface area (Å²) in [5, 5.41) is 0.993. The number of benzene rings is 1. The fraction of sp³-hybridized carbons (Fsp3) is 0.455. The SMILES string of the molecule is O=CN(OCc1ccccc1)C(C(=O)NNc1nccc(C(F)(F)F)n1)C1CCCCCC1. The summed E-state index contributed by atoms with van der Waals surface area (Å²) >= 11 is 0. The average Bonchev–Trinajstić information content (AvgIpc) is 3.10. The van der Waals surface area contributed by atoms with Gasteiger partial charge in [0.05, 0.1) is 0 Å². The first-order valence-electron chi connectivity index (χ1n) is 10.7. The number of carbonyl (C=O) groups is 2. The van der Waals surface area contributed by atoms with Gasteiger partial charge in [0.25, 0.3) is 5.91 Å². The van der Waals surface area contributed by atoms with Crippen molar-refractivity contribution in [1.82, 2.24) is 20.5 Å². The van der Waals surface area contributed by atoms with E-state index in [1.54, 1.807) is 0 Å². The molecule has 1 aliphatic rings. The van der Waals surface area contributed by atoms with Gasteiger partial charge < -0.3 is 0 Å². The molecule has 1 fully saturated rings. The van der Waals surface area contributed by atoms with Crippen LogP contribution >= 0.6 is 0 Å². The Bertz CT molecular complexity index is 906. The molecule has 0 bridgehead atoms. The Morgan fingerprint density at radius 2 is 1.85 bits per heavy atom. The van der Waals surface area contributed by atoms with Crippen LogP contribution in [0.3, 0.4) is 0 Å². The van der Waals surface area contributed by atoms with Gasteiger partial charge in [-0.25, -0.2) is 15.0 Å². The minimum atomic E-state index is -4.65. The molecule has 2 amide bonds. The standard InChI is InChI=1S/C22H26F3N5O3/c23-22(24,25)18-12-13-26-21(27-18)29-28-20(32)19(17-10-6-1-2-7-11-17)30(15-31)33-14-16-8-4-3-5-9-16/h3-5,8-9,12-13,15,17,19H,1-2,6-7,10-11,14H2,(H,28,32)(H,26,27,29). The highest BCUT2D eigenvalue weighted by atomic mass is 19.4. The Morgan fingerprint density at radius 1 is 1.15 bits per heavy atom. The number of halogens is 3. The number of rotatable bonds is 9. The number of hydrogen-bond donors (Lipinski definition) is 2. The molecule has 8 nitrogen and oxygen atoms in total. The van der Waals surface area contributed by atoms with E-state index in [1.165, 1.54) is 0 Å². The molecule has 0 radical (unpaired) electrons. The molecule has 1 unspecified atom stereocenters. The third kappa shape index (κ3) is 7.14. The summed E-state index contributed by atoms with van der Waals surface area (Å²) in [5.74, 6) is -1.21. The second kappa shape index (κ2) is 11.6. The fourth-order valence-corrected chi connectivity index (χ4v) is 3.83. The fourth-order valence-electron chi connectivity index (χ4n) is 3.83. The maximum absolute atomic E-state index is 13.1. The van der Waals surface area contributed by atoms with Gasteiger partial charge in [-0.2, -0.15) is 13.2 Å². The van der Waals surface area contributed by atoms with Crippen LogP contribution in [0, 0.1) is 5.92 Å².